The minimum Gasteiger partial charge on any atom is -0.288 e. The average Bonchev–Trinajstić information content (AvgIpc) is 2.26. The molecule has 0 heterocycles. The number of hydrogen-bond acceptors (Lipinski definition) is 1. The first kappa shape index (κ1) is 14.8. The minimum atomic E-state index is -0.651. The standard InChI is InChI=1S/C13H5BrCl3FO/c14-7-2-1-3-10(18)11(7)13(19)12-8(16)4-6(15)5-9(12)17/h1-5H. The van der Waals surface area contributed by atoms with Gasteiger partial charge in [0.25, 0.3) is 0 Å². The number of benzene rings is 2. The summed E-state index contributed by atoms with van der Waals surface area (Å²) in [6, 6.07) is 7.01. The maximum atomic E-state index is 13.8. The molecule has 0 N–H and O–H groups in total. The zero-order valence-electron chi connectivity index (χ0n) is 9.18. The van der Waals surface area contributed by atoms with Gasteiger partial charge in [-0.1, -0.05) is 40.9 Å². The molecule has 0 saturated heterocycles. The number of carbonyl (C=O) groups excluding carboxylic acids is 1. The second kappa shape index (κ2) is 5.80. The number of carbonyl (C=O) groups is 1. The molecule has 0 aliphatic carbocycles. The van der Waals surface area contributed by atoms with Crippen LogP contribution in [0.4, 0.5) is 4.39 Å². The summed E-state index contributed by atoms with van der Waals surface area (Å²) >= 11 is 20.8. The number of rotatable bonds is 2. The smallest absolute Gasteiger partial charge is 0.200 e. The molecule has 2 aromatic rings. The van der Waals surface area contributed by atoms with Gasteiger partial charge in [-0.3, -0.25) is 4.79 Å². The van der Waals surface area contributed by atoms with Crippen molar-refractivity contribution in [3.63, 3.8) is 0 Å². The highest BCUT2D eigenvalue weighted by molar-refractivity contribution is 9.10. The van der Waals surface area contributed by atoms with Crippen LogP contribution in [0.1, 0.15) is 15.9 Å². The monoisotopic (exact) mass is 380 g/mol. The molecule has 0 aromatic heterocycles. The van der Waals surface area contributed by atoms with Crippen LogP contribution in [0.15, 0.2) is 34.8 Å². The molecule has 0 unspecified atom stereocenters. The third-order valence-corrected chi connectivity index (χ3v) is 3.90. The second-order valence-electron chi connectivity index (χ2n) is 3.67. The van der Waals surface area contributed by atoms with E-state index in [2.05, 4.69) is 15.9 Å². The zero-order chi connectivity index (χ0) is 14.2. The van der Waals surface area contributed by atoms with Gasteiger partial charge in [0.15, 0.2) is 5.78 Å². The maximum absolute atomic E-state index is 13.8. The third-order valence-electron chi connectivity index (χ3n) is 2.42. The molecule has 0 aliphatic heterocycles. The molecular weight excluding hydrogens is 377 g/mol. The quantitative estimate of drug-likeness (QED) is 0.602. The van der Waals surface area contributed by atoms with Gasteiger partial charge in [-0.15, -0.1) is 0 Å². The van der Waals surface area contributed by atoms with Crippen LogP contribution < -0.4 is 0 Å². The van der Waals surface area contributed by atoms with E-state index in [1.165, 1.54) is 24.3 Å². The molecule has 0 radical (unpaired) electrons. The summed E-state index contributed by atoms with van der Waals surface area (Å²) in [6.45, 7) is 0. The van der Waals surface area contributed by atoms with E-state index < -0.39 is 11.6 Å². The molecule has 0 amide bonds. The van der Waals surface area contributed by atoms with Crippen LogP contribution in [0.3, 0.4) is 0 Å². The first-order valence-corrected chi connectivity index (χ1v) is 6.97. The summed E-state index contributed by atoms with van der Waals surface area (Å²) in [7, 11) is 0. The molecule has 0 fully saturated rings. The first-order chi connectivity index (χ1) is 8.91. The van der Waals surface area contributed by atoms with Gasteiger partial charge in [-0.2, -0.15) is 0 Å². The van der Waals surface area contributed by atoms with Gasteiger partial charge < -0.3 is 0 Å². The van der Waals surface area contributed by atoms with Crippen LogP contribution in [0.25, 0.3) is 0 Å². The fourth-order valence-electron chi connectivity index (χ4n) is 1.60. The van der Waals surface area contributed by atoms with Crippen molar-refractivity contribution < 1.29 is 9.18 Å². The van der Waals surface area contributed by atoms with Gasteiger partial charge in [0.1, 0.15) is 5.82 Å². The molecule has 0 aliphatic rings. The Morgan fingerprint density at radius 1 is 1.05 bits per heavy atom. The number of ketones is 1. The van der Waals surface area contributed by atoms with Crippen molar-refractivity contribution in [3.05, 3.63) is 66.8 Å². The largest absolute Gasteiger partial charge is 0.288 e. The lowest BCUT2D eigenvalue weighted by Crippen LogP contribution is -2.07. The second-order valence-corrected chi connectivity index (χ2v) is 5.78. The number of halogens is 5. The van der Waals surface area contributed by atoms with Gasteiger partial charge in [0, 0.05) is 9.50 Å². The highest BCUT2D eigenvalue weighted by Crippen LogP contribution is 2.33. The molecule has 0 saturated carbocycles. The van der Waals surface area contributed by atoms with Crippen LogP contribution in [-0.4, -0.2) is 5.78 Å². The van der Waals surface area contributed by atoms with Crippen LogP contribution in [0.5, 0.6) is 0 Å². The lowest BCUT2D eigenvalue weighted by Gasteiger charge is -2.09. The SMILES string of the molecule is O=C(c1c(Cl)cc(Cl)cc1Cl)c1c(F)cccc1Br. The predicted octanol–water partition coefficient (Wildman–Crippen LogP) is 5.78. The first-order valence-electron chi connectivity index (χ1n) is 5.05. The van der Waals surface area contributed by atoms with Crippen molar-refractivity contribution >= 4 is 56.5 Å². The van der Waals surface area contributed by atoms with Gasteiger partial charge in [0.05, 0.1) is 21.2 Å². The molecule has 0 spiro atoms. The van der Waals surface area contributed by atoms with Gasteiger partial charge >= 0.3 is 0 Å². The van der Waals surface area contributed by atoms with E-state index in [9.17, 15) is 9.18 Å². The fraction of sp³-hybridized carbons (Fsp3) is 0. The normalized spacial score (nSPS) is 10.6. The van der Waals surface area contributed by atoms with Crippen molar-refractivity contribution in [3.8, 4) is 0 Å². The predicted molar refractivity (Wildman–Crippen MR) is 79.0 cm³/mol. The van der Waals surface area contributed by atoms with Gasteiger partial charge in [-0.25, -0.2) is 4.39 Å². The Hall–Kier alpha value is -0.610. The summed E-state index contributed by atoms with van der Waals surface area (Å²) in [5.74, 6) is -1.25. The van der Waals surface area contributed by atoms with E-state index in [0.29, 0.717) is 9.50 Å². The molecule has 98 valence electrons. The Morgan fingerprint density at radius 2 is 1.63 bits per heavy atom. The van der Waals surface area contributed by atoms with E-state index in [0.717, 1.165) is 0 Å². The van der Waals surface area contributed by atoms with Crippen LogP contribution in [0.2, 0.25) is 15.1 Å². The lowest BCUT2D eigenvalue weighted by molar-refractivity contribution is 0.103. The summed E-state index contributed by atoms with van der Waals surface area (Å²) in [5, 5.41) is 0.467. The van der Waals surface area contributed by atoms with Crippen molar-refractivity contribution in [1.82, 2.24) is 0 Å². The molecule has 1 nitrogen and oxygen atoms in total. The van der Waals surface area contributed by atoms with Crippen molar-refractivity contribution in [1.29, 1.82) is 0 Å². The Kier molecular flexibility index (Phi) is 4.51. The van der Waals surface area contributed by atoms with Crippen LogP contribution in [-0.2, 0) is 0 Å². The van der Waals surface area contributed by atoms with E-state index in [1.807, 2.05) is 0 Å². The fourth-order valence-corrected chi connectivity index (χ4v) is 3.11. The molecule has 0 bridgehead atoms. The summed E-state index contributed by atoms with van der Waals surface area (Å²) < 4.78 is 14.1. The maximum Gasteiger partial charge on any atom is 0.200 e. The van der Waals surface area contributed by atoms with Gasteiger partial charge in [-0.05, 0) is 40.2 Å². The van der Waals surface area contributed by atoms with Crippen molar-refractivity contribution in [2.45, 2.75) is 0 Å². The van der Waals surface area contributed by atoms with Crippen LogP contribution >= 0.6 is 50.7 Å². The Balaban J connectivity index is 2.64. The van der Waals surface area contributed by atoms with E-state index in [1.54, 1.807) is 6.07 Å². The Bertz CT molecular complexity index is 630. The highest BCUT2D eigenvalue weighted by Gasteiger charge is 2.22. The highest BCUT2D eigenvalue weighted by atomic mass is 79.9. The van der Waals surface area contributed by atoms with Crippen molar-refractivity contribution in [2.75, 3.05) is 0 Å². The minimum absolute atomic E-state index is 0.0264. The zero-order valence-corrected chi connectivity index (χ0v) is 13.0. The van der Waals surface area contributed by atoms with Gasteiger partial charge in [0.2, 0.25) is 0 Å². The Morgan fingerprint density at radius 3 is 2.16 bits per heavy atom. The number of hydrogen-bond donors (Lipinski definition) is 0. The molecule has 0 atom stereocenters. The summed E-state index contributed by atoms with van der Waals surface area (Å²) in [6.07, 6.45) is 0. The molecular formula is C13H5BrCl3FO. The van der Waals surface area contributed by atoms with E-state index >= 15 is 0 Å². The van der Waals surface area contributed by atoms with E-state index in [4.69, 9.17) is 34.8 Å². The topological polar surface area (TPSA) is 17.1 Å². The molecule has 2 aromatic carbocycles. The molecule has 6 heteroatoms. The van der Waals surface area contributed by atoms with Crippen molar-refractivity contribution in [2.24, 2.45) is 0 Å². The average molecular weight is 382 g/mol. The third kappa shape index (κ3) is 2.95. The Labute approximate surface area is 132 Å². The molecule has 19 heavy (non-hydrogen) atoms. The summed E-state index contributed by atoms with van der Waals surface area (Å²) in [5.41, 5.74) is -0.0906. The lowest BCUT2D eigenvalue weighted by atomic mass is 10.0. The van der Waals surface area contributed by atoms with E-state index in [-0.39, 0.29) is 21.2 Å². The van der Waals surface area contributed by atoms with Crippen LogP contribution in [0, 0.1) is 5.82 Å². The summed E-state index contributed by atoms with van der Waals surface area (Å²) in [4.78, 5) is 12.4. The molecule has 2 rings (SSSR count).